The van der Waals surface area contributed by atoms with Gasteiger partial charge in [-0.3, -0.25) is 15.0 Å². The number of hydrazine groups is 1. The predicted molar refractivity (Wildman–Crippen MR) is 75.2 cm³/mol. The van der Waals surface area contributed by atoms with Crippen LogP contribution in [0.25, 0.3) is 0 Å². The molecule has 1 aromatic carbocycles. The maximum absolute atomic E-state index is 13.6. The number of hydrogen-bond donors (Lipinski definition) is 3. The van der Waals surface area contributed by atoms with Gasteiger partial charge < -0.3 is 10.5 Å². The number of hydrogen-bond acceptors (Lipinski definition) is 5. The van der Waals surface area contributed by atoms with Crippen molar-refractivity contribution in [1.82, 2.24) is 5.43 Å². The normalized spacial score (nSPS) is 10.2. The lowest BCUT2D eigenvalue weighted by Crippen LogP contribution is -2.30. The van der Waals surface area contributed by atoms with Crippen molar-refractivity contribution in [3.63, 3.8) is 0 Å². The van der Waals surface area contributed by atoms with Crippen molar-refractivity contribution in [1.29, 1.82) is 0 Å². The molecule has 0 unspecified atom stereocenters. The Morgan fingerprint density at radius 3 is 2.71 bits per heavy atom. The third-order valence-corrected chi connectivity index (χ3v) is 3.64. The van der Waals surface area contributed by atoms with E-state index in [1.807, 2.05) is 5.43 Å². The molecule has 0 spiro atoms. The van der Waals surface area contributed by atoms with Crippen LogP contribution in [0.15, 0.2) is 29.6 Å². The largest absolute Gasteiger partial charge is 0.489 e. The van der Waals surface area contributed by atoms with E-state index in [9.17, 15) is 14.0 Å². The van der Waals surface area contributed by atoms with E-state index in [-0.39, 0.29) is 17.9 Å². The molecule has 0 aliphatic rings. The second-order valence-electron chi connectivity index (χ2n) is 4.04. The zero-order chi connectivity index (χ0) is 15.4. The van der Waals surface area contributed by atoms with Crippen LogP contribution in [0.4, 0.5) is 4.39 Å². The molecule has 0 aliphatic carbocycles. The summed E-state index contributed by atoms with van der Waals surface area (Å²) >= 11 is 1.22. The number of carbonyl (C=O) groups is 2. The molecule has 0 atom stereocenters. The van der Waals surface area contributed by atoms with Crippen LogP contribution in [0.1, 0.15) is 25.6 Å². The second kappa shape index (κ2) is 6.33. The van der Waals surface area contributed by atoms with E-state index in [2.05, 4.69) is 0 Å². The smallest absolute Gasteiger partial charge is 0.275 e. The molecule has 0 aliphatic heterocycles. The van der Waals surface area contributed by atoms with Gasteiger partial charge in [0.15, 0.2) is 0 Å². The second-order valence-corrected chi connectivity index (χ2v) is 4.96. The highest BCUT2D eigenvalue weighted by Crippen LogP contribution is 2.21. The average molecular weight is 309 g/mol. The first-order valence-corrected chi connectivity index (χ1v) is 6.70. The minimum Gasteiger partial charge on any atom is -0.489 e. The lowest BCUT2D eigenvalue weighted by atomic mass is 10.2. The molecule has 0 bridgehead atoms. The molecule has 0 radical (unpaired) electrons. The monoisotopic (exact) mass is 309 g/mol. The predicted octanol–water partition coefficient (Wildman–Crippen LogP) is 1.17. The number of benzene rings is 1. The van der Waals surface area contributed by atoms with Gasteiger partial charge in [0.2, 0.25) is 0 Å². The number of nitrogens with one attached hydrogen (secondary N) is 1. The van der Waals surface area contributed by atoms with Crippen LogP contribution in [0.5, 0.6) is 5.75 Å². The first-order valence-electron chi connectivity index (χ1n) is 5.82. The van der Waals surface area contributed by atoms with Crippen molar-refractivity contribution in [2.24, 2.45) is 11.6 Å². The zero-order valence-corrected chi connectivity index (χ0v) is 11.6. The fourth-order valence-electron chi connectivity index (χ4n) is 1.66. The Balaban J connectivity index is 2.10. The third kappa shape index (κ3) is 3.36. The number of halogens is 1. The fraction of sp³-hybridized carbons (Fsp3) is 0.0769. The molecule has 110 valence electrons. The number of ether oxygens (including phenoxy) is 1. The molecule has 2 rings (SSSR count). The topological polar surface area (TPSA) is 107 Å². The van der Waals surface area contributed by atoms with Crippen LogP contribution in [0.3, 0.4) is 0 Å². The van der Waals surface area contributed by atoms with Crippen LogP contribution in [0, 0.1) is 5.82 Å². The van der Waals surface area contributed by atoms with Gasteiger partial charge in [-0.15, -0.1) is 11.3 Å². The van der Waals surface area contributed by atoms with Gasteiger partial charge in [-0.1, -0.05) is 0 Å². The summed E-state index contributed by atoms with van der Waals surface area (Å²) < 4.78 is 19.0. The standard InChI is InChI=1S/C13H12FN3O3S/c14-10-5-8(1-2-9(10)12(15)18)20-6-7-3-4-21-11(7)13(19)17-16/h1-5H,6,16H2,(H2,15,18)(H,17,19). The summed E-state index contributed by atoms with van der Waals surface area (Å²) in [6.07, 6.45) is 0. The SMILES string of the molecule is NNC(=O)c1sccc1COc1ccc(C(N)=O)c(F)c1. The van der Waals surface area contributed by atoms with Crippen molar-refractivity contribution >= 4 is 23.2 Å². The van der Waals surface area contributed by atoms with E-state index in [1.54, 1.807) is 11.4 Å². The minimum absolute atomic E-state index is 0.0710. The van der Waals surface area contributed by atoms with Gasteiger partial charge in [0.25, 0.3) is 11.8 Å². The number of thiophene rings is 1. The van der Waals surface area contributed by atoms with Crippen LogP contribution in [-0.4, -0.2) is 11.8 Å². The number of rotatable bonds is 5. The molecular formula is C13H12FN3O3S. The minimum atomic E-state index is -0.848. The molecule has 0 saturated carbocycles. The molecular weight excluding hydrogens is 297 g/mol. The Labute approximate surface area is 123 Å². The number of nitrogens with two attached hydrogens (primary N) is 2. The van der Waals surface area contributed by atoms with Gasteiger partial charge in [0.05, 0.1) is 10.4 Å². The molecule has 8 heteroatoms. The molecule has 0 saturated heterocycles. The van der Waals surface area contributed by atoms with Crippen LogP contribution in [0.2, 0.25) is 0 Å². The quantitative estimate of drug-likeness (QED) is 0.438. The van der Waals surface area contributed by atoms with E-state index in [0.29, 0.717) is 10.4 Å². The highest BCUT2D eigenvalue weighted by atomic mass is 32.1. The number of amides is 2. The lowest BCUT2D eigenvalue weighted by Gasteiger charge is -2.08. The van der Waals surface area contributed by atoms with Gasteiger partial charge in [-0.05, 0) is 23.6 Å². The highest BCUT2D eigenvalue weighted by molar-refractivity contribution is 7.12. The summed E-state index contributed by atoms with van der Waals surface area (Å²) in [6, 6.07) is 5.45. The van der Waals surface area contributed by atoms with Crippen molar-refractivity contribution < 1.29 is 18.7 Å². The Bertz CT molecular complexity index is 687. The highest BCUT2D eigenvalue weighted by Gasteiger charge is 2.13. The van der Waals surface area contributed by atoms with E-state index in [4.69, 9.17) is 16.3 Å². The summed E-state index contributed by atoms with van der Waals surface area (Å²) in [6.45, 7) is 0.0710. The summed E-state index contributed by atoms with van der Waals surface area (Å²) in [7, 11) is 0. The van der Waals surface area contributed by atoms with E-state index < -0.39 is 17.6 Å². The Hall–Kier alpha value is -2.45. The third-order valence-electron chi connectivity index (χ3n) is 2.68. The molecule has 5 N–H and O–H groups in total. The van der Waals surface area contributed by atoms with Gasteiger partial charge in [-0.2, -0.15) is 0 Å². The molecule has 1 heterocycles. The average Bonchev–Trinajstić information content (AvgIpc) is 2.92. The Morgan fingerprint density at radius 2 is 2.10 bits per heavy atom. The number of carbonyl (C=O) groups excluding carboxylic acids is 2. The zero-order valence-electron chi connectivity index (χ0n) is 10.8. The first kappa shape index (κ1) is 14.9. The summed E-state index contributed by atoms with van der Waals surface area (Å²) in [5.41, 5.74) is 7.47. The van der Waals surface area contributed by atoms with Crippen molar-refractivity contribution in [2.75, 3.05) is 0 Å². The van der Waals surface area contributed by atoms with Gasteiger partial charge in [0, 0.05) is 11.6 Å². The van der Waals surface area contributed by atoms with Gasteiger partial charge >= 0.3 is 0 Å². The first-order chi connectivity index (χ1) is 10.0. The van der Waals surface area contributed by atoms with Gasteiger partial charge in [0.1, 0.15) is 18.2 Å². The van der Waals surface area contributed by atoms with Crippen LogP contribution in [-0.2, 0) is 6.61 Å². The van der Waals surface area contributed by atoms with E-state index in [1.165, 1.54) is 23.5 Å². The Kier molecular flexibility index (Phi) is 4.51. The number of primary amides is 1. The van der Waals surface area contributed by atoms with Gasteiger partial charge in [-0.25, -0.2) is 10.2 Å². The van der Waals surface area contributed by atoms with E-state index >= 15 is 0 Å². The molecule has 1 aromatic heterocycles. The van der Waals surface area contributed by atoms with E-state index in [0.717, 1.165) is 6.07 Å². The Morgan fingerprint density at radius 1 is 1.33 bits per heavy atom. The van der Waals surface area contributed by atoms with Crippen molar-refractivity contribution in [2.45, 2.75) is 6.61 Å². The molecule has 0 fully saturated rings. The maximum Gasteiger partial charge on any atom is 0.275 e. The summed E-state index contributed by atoms with van der Waals surface area (Å²) in [5.74, 6) is 3.28. The van der Waals surface area contributed by atoms with Crippen LogP contribution >= 0.6 is 11.3 Å². The summed E-state index contributed by atoms with van der Waals surface area (Å²) in [5, 5.41) is 1.72. The molecule has 2 aromatic rings. The molecule has 6 nitrogen and oxygen atoms in total. The lowest BCUT2D eigenvalue weighted by molar-refractivity contribution is 0.0953. The van der Waals surface area contributed by atoms with Crippen LogP contribution < -0.4 is 21.7 Å². The summed E-state index contributed by atoms with van der Waals surface area (Å²) in [4.78, 5) is 22.8. The van der Waals surface area contributed by atoms with Crippen molar-refractivity contribution in [3.8, 4) is 5.75 Å². The fourth-order valence-corrected chi connectivity index (χ4v) is 2.47. The maximum atomic E-state index is 13.6. The molecule has 2 amide bonds. The molecule has 21 heavy (non-hydrogen) atoms. The van der Waals surface area contributed by atoms with Crippen molar-refractivity contribution in [3.05, 3.63) is 51.5 Å². The number of nitrogen functional groups attached to an aromatic ring is 1.